The van der Waals surface area contributed by atoms with Crippen molar-refractivity contribution in [2.45, 2.75) is 42.9 Å². The van der Waals surface area contributed by atoms with Crippen molar-refractivity contribution in [3.8, 4) is 0 Å². The summed E-state index contributed by atoms with van der Waals surface area (Å²) in [6.07, 6.45) is 7.62. The maximum Gasteiger partial charge on any atom is -1.00 e. The van der Waals surface area contributed by atoms with Crippen molar-refractivity contribution < 1.29 is 57.7 Å². The van der Waals surface area contributed by atoms with E-state index in [0.29, 0.717) is 0 Å². The van der Waals surface area contributed by atoms with E-state index in [2.05, 4.69) is 88.9 Å². The van der Waals surface area contributed by atoms with Crippen LogP contribution >= 0.6 is 0 Å². The standard InChI is InChI=1S/C21H25Si.3ClH.Ti/c1-3-4-5-10-17-11-7-9-14-20(17)22-21-16(2)15-18-12-6-8-13-19(18)21;;;;/h6-9,11-15H,3-5,10,22H2,1-2H3;3*1H;/q;;;;+3/p-3. The van der Waals surface area contributed by atoms with Gasteiger partial charge in [0.25, 0.3) is 0 Å². The van der Waals surface area contributed by atoms with Crippen LogP contribution in [0.3, 0.4) is 0 Å². The molecule has 26 heavy (non-hydrogen) atoms. The summed E-state index contributed by atoms with van der Waals surface area (Å²) in [5, 5.41) is 1.66. The average molecular weight is 460 g/mol. The minimum atomic E-state index is -0.419. The van der Waals surface area contributed by atoms with Crippen LogP contribution in [0, 0.1) is 0 Å². The zero-order valence-corrected chi connectivity index (χ0v) is 20.6. The molecule has 0 N–H and O–H groups in total. The number of hydrogen-bond donors (Lipinski definition) is 0. The molecule has 0 heterocycles. The molecule has 0 spiro atoms. The van der Waals surface area contributed by atoms with Gasteiger partial charge in [-0.05, 0) is 0 Å². The summed E-state index contributed by atoms with van der Waals surface area (Å²) in [4.78, 5) is 0. The van der Waals surface area contributed by atoms with Crippen LogP contribution in [0.15, 0.2) is 54.1 Å². The first-order valence-corrected chi connectivity index (χ1v) is 10.9. The van der Waals surface area contributed by atoms with Crippen LogP contribution in [-0.4, -0.2) is 9.52 Å². The Morgan fingerprint density at radius 2 is 1.58 bits per heavy atom. The molecule has 0 radical (unpaired) electrons. The molecule has 0 aliphatic heterocycles. The van der Waals surface area contributed by atoms with E-state index >= 15 is 0 Å². The fraction of sp³-hybridized carbons (Fsp3) is 0.333. The van der Waals surface area contributed by atoms with E-state index in [4.69, 9.17) is 0 Å². The van der Waals surface area contributed by atoms with E-state index in [9.17, 15) is 0 Å². The molecular formula is C21H25Cl3SiTi. The van der Waals surface area contributed by atoms with Crippen LogP contribution in [0.25, 0.3) is 6.08 Å². The first-order valence-electron chi connectivity index (χ1n) is 8.75. The Hall–Kier alpha value is -0.0188. The van der Waals surface area contributed by atoms with Crippen molar-refractivity contribution >= 4 is 20.8 Å². The average Bonchev–Trinajstić information content (AvgIpc) is 2.81. The summed E-state index contributed by atoms with van der Waals surface area (Å²) in [5.41, 5.74) is 6.13. The molecule has 2 aromatic carbocycles. The van der Waals surface area contributed by atoms with Crippen LogP contribution in [0.1, 0.15) is 49.8 Å². The molecule has 2 aromatic rings. The summed E-state index contributed by atoms with van der Waals surface area (Å²) in [5.74, 6) is 0. The largest absolute Gasteiger partial charge is 1.00 e. The van der Waals surface area contributed by atoms with E-state index in [-0.39, 0.29) is 40.6 Å². The third-order valence-electron chi connectivity index (χ3n) is 5.09. The van der Waals surface area contributed by atoms with Crippen molar-refractivity contribution in [2.75, 3.05) is 0 Å². The number of hydrogen-bond acceptors (Lipinski definition) is 0. The molecule has 138 valence electrons. The minimum absolute atomic E-state index is 0. The molecule has 0 aromatic heterocycles. The fourth-order valence-electron chi connectivity index (χ4n) is 3.64. The molecule has 1 aliphatic rings. The molecule has 3 rings (SSSR count). The molecule has 0 saturated heterocycles. The van der Waals surface area contributed by atoms with Crippen molar-refractivity contribution in [1.29, 1.82) is 0 Å². The predicted molar refractivity (Wildman–Crippen MR) is 99.6 cm³/mol. The molecule has 1 aliphatic carbocycles. The Labute approximate surface area is 191 Å². The van der Waals surface area contributed by atoms with E-state index in [1.807, 2.05) is 0 Å². The van der Waals surface area contributed by atoms with Gasteiger partial charge >= 0.3 is 155 Å². The zero-order chi connectivity index (χ0) is 16.3. The summed E-state index contributed by atoms with van der Waals surface area (Å²) < 4.78 is 0.275. The van der Waals surface area contributed by atoms with Gasteiger partial charge in [-0.3, -0.25) is 0 Å². The Morgan fingerprint density at radius 3 is 2.31 bits per heavy atom. The first-order chi connectivity index (χ1) is 11.1. The summed E-state index contributed by atoms with van der Waals surface area (Å²) in [6.45, 7) is 4.61. The van der Waals surface area contributed by atoms with Gasteiger partial charge in [-0.15, -0.1) is 0 Å². The smallest absolute Gasteiger partial charge is 1.00 e. The number of aryl methyl sites for hydroxylation is 1. The third kappa shape index (κ3) is 5.50. The second-order valence-electron chi connectivity index (χ2n) is 6.72. The Bertz CT molecular complexity index is 733. The van der Waals surface area contributed by atoms with E-state index < -0.39 is 9.52 Å². The maximum atomic E-state index is 2.47. The molecular weight excluding hydrogens is 435 g/mol. The van der Waals surface area contributed by atoms with Gasteiger partial charge in [0.05, 0.1) is 0 Å². The number of rotatable bonds is 6. The Kier molecular flexibility index (Phi) is 11.7. The number of halogens is 3. The van der Waals surface area contributed by atoms with Gasteiger partial charge in [-0.25, -0.2) is 0 Å². The van der Waals surface area contributed by atoms with E-state index in [1.165, 1.54) is 31.2 Å². The van der Waals surface area contributed by atoms with E-state index in [1.54, 1.807) is 21.9 Å². The van der Waals surface area contributed by atoms with Crippen LogP contribution in [-0.2, 0) is 30.2 Å². The van der Waals surface area contributed by atoms with Crippen LogP contribution < -0.4 is 42.4 Å². The maximum absolute atomic E-state index is 2.47. The van der Waals surface area contributed by atoms with Gasteiger partial charge in [-0.1, -0.05) is 0 Å². The summed E-state index contributed by atoms with van der Waals surface area (Å²) >= 11 is 2.47. The summed E-state index contributed by atoms with van der Waals surface area (Å²) in [6, 6.07) is 18.2. The molecule has 0 nitrogen and oxygen atoms in total. The fourth-order valence-corrected chi connectivity index (χ4v) is 7.24. The molecule has 0 bridgehead atoms. The number of benzene rings is 2. The third-order valence-corrected chi connectivity index (χ3v) is 9.49. The zero-order valence-electron chi connectivity index (χ0n) is 15.4. The number of allylic oxidation sites excluding steroid dienone is 1. The molecule has 0 amide bonds. The Balaban J connectivity index is 0.00000208. The van der Waals surface area contributed by atoms with E-state index in [0.717, 1.165) is 0 Å². The summed E-state index contributed by atoms with van der Waals surface area (Å²) in [7, 11) is -0.419. The second kappa shape index (κ2) is 11.7. The molecule has 0 saturated carbocycles. The monoisotopic (exact) mass is 458 g/mol. The minimum Gasteiger partial charge on any atom is -1.00 e. The molecule has 5 heteroatoms. The van der Waals surface area contributed by atoms with Crippen molar-refractivity contribution in [3.63, 3.8) is 0 Å². The molecule has 1 unspecified atom stereocenters. The predicted octanol–water partition coefficient (Wildman–Crippen LogP) is -4.96. The number of unbranched alkanes of at least 4 members (excludes halogenated alkanes) is 2. The van der Waals surface area contributed by atoms with Crippen molar-refractivity contribution in [2.24, 2.45) is 0 Å². The molecule has 1 atom stereocenters. The van der Waals surface area contributed by atoms with Gasteiger partial charge < -0.3 is 37.2 Å². The van der Waals surface area contributed by atoms with Gasteiger partial charge in [0, 0.05) is 0 Å². The topological polar surface area (TPSA) is 0 Å². The van der Waals surface area contributed by atoms with Crippen LogP contribution in [0.4, 0.5) is 0 Å². The Morgan fingerprint density at radius 1 is 0.923 bits per heavy atom. The first kappa shape index (κ1) is 26.0. The van der Waals surface area contributed by atoms with Gasteiger partial charge in [0.15, 0.2) is 0 Å². The molecule has 0 fully saturated rings. The normalized spacial score (nSPS) is 17.8. The SMILES string of the molecule is CCCCCc1ccccc1[SiH2][C]1([Ti+3])C(C)=Cc2ccccc21.[Cl-].[Cl-].[Cl-]. The van der Waals surface area contributed by atoms with Crippen LogP contribution in [0.5, 0.6) is 0 Å². The van der Waals surface area contributed by atoms with Crippen molar-refractivity contribution in [1.82, 2.24) is 0 Å². The van der Waals surface area contributed by atoms with Crippen molar-refractivity contribution in [3.05, 3.63) is 70.8 Å². The number of fused-ring (bicyclic) bond motifs is 1. The quantitative estimate of drug-likeness (QED) is 0.300. The van der Waals surface area contributed by atoms with Crippen LogP contribution in [0.2, 0.25) is 0 Å². The van der Waals surface area contributed by atoms with Gasteiger partial charge in [0.1, 0.15) is 0 Å². The second-order valence-corrected chi connectivity index (χ2v) is 11.3. The van der Waals surface area contributed by atoms with Gasteiger partial charge in [0.2, 0.25) is 0 Å². The van der Waals surface area contributed by atoms with Gasteiger partial charge in [-0.2, -0.15) is 0 Å².